The first-order chi connectivity index (χ1) is 14.9. The highest BCUT2D eigenvalue weighted by molar-refractivity contribution is 7.05. The molecule has 2 aromatic carbocycles. The summed E-state index contributed by atoms with van der Waals surface area (Å²) < 4.78 is 20.4. The molecule has 3 heterocycles. The summed E-state index contributed by atoms with van der Waals surface area (Å²) in [6.07, 6.45) is 2.17. The van der Waals surface area contributed by atoms with Crippen LogP contribution in [0.2, 0.25) is 0 Å². The molecular weight excluding hydrogens is 413 g/mol. The maximum atomic E-state index is 14.5. The zero-order valence-corrected chi connectivity index (χ0v) is 18.4. The lowest BCUT2D eigenvalue weighted by Crippen LogP contribution is -2.35. The number of rotatable bonds is 3. The van der Waals surface area contributed by atoms with Gasteiger partial charge in [0.05, 0.1) is 10.9 Å². The van der Waals surface area contributed by atoms with E-state index in [0.717, 1.165) is 27.0 Å². The van der Waals surface area contributed by atoms with Gasteiger partial charge >= 0.3 is 0 Å². The Morgan fingerprint density at radius 2 is 2.03 bits per heavy atom. The van der Waals surface area contributed by atoms with Gasteiger partial charge in [0.25, 0.3) is 5.91 Å². The molecule has 8 heteroatoms. The van der Waals surface area contributed by atoms with Gasteiger partial charge in [-0.3, -0.25) is 9.48 Å². The number of fused-ring (bicyclic) bond motifs is 1. The number of likely N-dealkylation sites (tertiary alicyclic amines) is 1. The van der Waals surface area contributed by atoms with Gasteiger partial charge in [-0.15, -0.1) is 0 Å². The first-order valence-electron chi connectivity index (χ1n) is 10.2. The molecule has 1 aliphatic heterocycles. The molecule has 1 amide bonds. The van der Waals surface area contributed by atoms with E-state index in [1.807, 2.05) is 43.1 Å². The van der Waals surface area contributed by atoms with Crippen LogP contribution in [0, 0.1) is 19.7 Å². The lowest BCUT2D eigenvalue weighted by atomic mass is 9.80. The van der Waals surface area contributed by atoms with Gasteiger partial charge in [0.15, 0.2) is 5.69 Å². The van der Waals surface area contributed by atoms with Gasteiger partial charge in [-0.2, -0.15) is 9.47 Å². The Labute approximate surface area is 183 Å². The molecule has 0 saturated carbocycles. The van der Waals surface area contributed by atoms with Crippen LogP contribution in [0.1, 0.15) is 38.6 Å². The molecule has 1 saturated heterocycles. The number of carbonyl (C=O) groups excluding carboxylic acids is 1. The first kappa shape index (κ1) is 19.8. The Morgan fingerprint density at radius 3 is 2.77 bits per heavy atom. The number of nitrogens with zero attached hydrogens (tertiary/aromatic N) is 5. The molecule has 0 radical (unpaired) electrons. The summed E-state index contributed by atoms with van der Waals surface area (Å²) >= 11 is 1.30. The summed E-state index contributed by atoms with van der Waals surface area (Å²) in [6.45, 7) is 4.70. The molecule has 0 bridgehead atoms. The van der Waals surface area contributed by atoms with Crippen molar-refractivity contribution in [1.82, 2.24) is 24.0 Å². The van der Waals surface area contributed by atoms with Gasteiger partial charge in [-0.05, 0) is 61.1 Å². The van der Waals surface area contributed by atoms with E-state index in [1.54, 1.807) is 23.7 Å². The number of halogens is 1. The number of aryl methyl sites for hydroxylation is 3. The summed E-state index contributed by atoms with van der Waals surface area (Å²) in [6, 6.07) is 11.3. The van der Waals surface area contributed by atoms with Crippen LogP contribution in [0.25, 0.3) is 10.9 Å². The van der Waals surface area contributed by atoms with E-state index in [1.165, 1.54) is 17.9 Å². The fourth-order valence-corrected chi connectivity index (χ4v) is 5.23. The molecule has 2 aromatic heterocycles. The van der Waals surface area contributed by atoms with Crippen molar-refractivity contribution in [2.75, 3.05) is 13.1 Å². The minimum absolute atomic E-state index is 0.116. The second-order valence-electron chi connectivity index (χ2n) is 8.26. The summed E-state index contributed by atoms with van der Waals surface area (Å²) in [5.74, 6) is -0.368. The van der Waals surface area contributed by atoms with Crippen molar-refractivity contribution in [3.8, 4) is 0 Å². The average molecular weight is 436 g/mol. The van der Waals surface area contributed by atoms with Gasteiger partial charge in [0, 0.05) is 25.5 Å². The average Bonchev–Trinajstić information content (AvgIpc) is 3.49. The van der Waals surface area contributed by atoms with Crippen LogP contribution in [-0.4, -0.2) is 43.0 Å². The minimum atomic E-state index is -0.578. The number of hydrogen-bond donors (Lipinski definition) is 0. The van der Waals surface area contributed by atoms with Crippen molar-refractivity contribution < 1.29 is 9.18 Å². The van der Waals surface area contributed by atoms with E-state index in [9.17, 15) is 9.18 Å². The number of carbonyl (C=O) groups is 1. The molecule has 31 heavy (non-hydrogen) atoms. The predicted molar refractivity (Wildman–Crippen MR) is 118 cm³/mol. The summed E-state index contributed by atoms with van der Waals surface area (Å²) in [4.78, 5) is 19.8. The zero-order chi connectivity index (χ0) is 21.8. The van der Waals surface area contributed by atoms with Gasteiger partial charge < -0.3 is 4.90 Å². The van der Waals surface area contributed by atoms with Crippen LogP contribution in [-0.2, 0) is 12.5 Å². The van der Waals surface area contributed by atoms with E-state index in [4.69, 9.17) is 0 Å². The highest BCUT2D eigenvalue weighted by Gasteiger charge is 2.46. The molecule has 1 aliphatic rings. The fraction of sp³-hybridized carbons (Fsp3) is 0.304. The largest absolute Gasteiger partial charge is 0.336 e. The summed E-state index contributed by atoms with van der Waals surface area (Å²) in [5.41, 5.74) is 3.29. The molecule has 0 N–H and O–H groups in total. The second kappa shape index (κ2) is 7.23. The third-order valence-corrected chi connectivity index (χ3v) is 7.13. The summed E-state index contributed by atoms with van der Waals surface area (Å²) in [7, 11) is 1.85. The third-order valence-electron chi connectivity index (χ3n) is 6.26. The highest BCUT2D eigenvalue weighted by atomic mass is 32.1. The normalized spacial score (nSPS) is 18.8. The van der Waals surface area contributed by atoms with Gasteiger partial charge in [0.2, 0.25) is 0 Å². The van der Waals surface area contributed by atoms with Crippen molar-refractivity contribution in [1.29, 1.82) is 0 Å². The Bertz CT molecular complexity index is 1300. The fourth-order valence-electron chi connectivity index (χ4n) is 4.48. The first-order valence-corrected chi connectivity index (χ1v) is 10.9. The van der Waals surface area contributed by atoms with Crippen LogP contribution in [0.5, 0.6) is 0 Å². The van der Waals surface area contributed by atoms with Crippen LogP contribution < -0.4 is 0 Å². The molecule has 4 aromatic rings. The maximum absolute atomic E-state index is 14.5. The van der Waals surface area contributed by atoms with Crippen molar-refractivity contribution in [2.24, 2.45) is 7.05 Å². The number of amides is 1. The van der Waals surface area contributed by atoms with Gasteiger partial charge in [0.1, 0.15) is 17.2 Å². The van der Waals surface area contributed by atoms with E-state index < -0.39 is 5.41 Å². The van der Waals surface area contributed by atoms with Gasteiger partial charge in [-0.1, -0.05) is 23.8 Å². The Morgan fingerprint density at radius 1 is 1.19 bits per heavy atom. The van der Waals surface area contributed by atoms with Crippen LogP contribution >= 0.6 is 11.5 Å². The zero-order valence-electron chi connectivity index (χ0n) is 17.6. The summed E-state index contributed by atoms with van der Waals surface area (Å²) in [5, 5.41) is 6.17. The predicted octanol–water partition coefficient (Wildman–Crippen LogP) is 4.01. The van der Waals surface area contributed by atoms with Crippen LogP contribution in [0.3, 0.4) is 0 Å². The molecule has 158 valence electrons. The van der Waals surface area contributed by atoms with Crippen LogP contribution in [0.15, 0.2) is 42.7 Å². The van der Waals surface area contributed by atoms with Crippen molar-refractivity contribution >= 4 is 28.3 Å². The Kier molecular flexibility index (Phi) is 4.62. The molecule has 6 nitrogen and oxygen atoms in total. The molecule has 5 rings (SSSR count). The maximum Gasteiger partial charge on any atom is 0.275 e. The van der Waals surface area contributed by atoms with Crippen molar-refractivity contribution in [3.63, 3.8) is 0 Å². The minimum Gasteiger partial charge on any atom is -0.336 e. The van der Waals surface area contributed by atoms with Crippen molar-refractivity contribution in [2.45, 2.75) is 25.7 Å². The Hall–Kier alpha value is -3.13. The second-order valence-corrected chi connectivity index (χ2v) is 9.04. The smallest absolute Gasteiger partial charge is 0.275 e. The standard InChI is InChI=1S/C23H22FN5OS/c1-14-4-7-19-17(10-14)20(27-28(19)3)21(30)29-9-8-23(12-29,22-25-13-26-31-22)16-6-5-15(2)18(24)11-16/h4-7,10-11,13H,8-9,12H2,1-3H3/t23-/m0/s1. The lowest BCUT2D eigenvalue weighted by molar-refractivity contribution is 0.0781. The van der Waals surface area contributed by atoms with Crippen molar-refractivity contribution in [3.05, 3.63) is 75.9 Å². The van der Waals surface area contributed by atoms with E-state index in [0.29, 0.717) is 30.8 Å². The Balaban J connectivity index is 1.55. The lowest BCUT2D eigenvalue weighted by Gasteiger charge is -2.27. The number of benzene rings is 2. The van der Waals surface area contributed by atoms with E-state index in [-0.39, 0.29) is 11.7 Å². The molecule has 0 aliphatic carbocycles. The SMILES string of the molecule is Cc1ccc2c(c1)c(C(=O)N1CC[C@](c3ccc(C)c(F)c3)(c3ncns3)C1)nn2C. The molecule has 1 atom stereocenters. The van der Waals surface area contributed by atoms with Gasteiger partial charge in [-0.25, -0.2) is 9.37 Å². The van der Waals surface area contributed by atoms with E-state index >= 15 is 0 Å². The third kappa shape index (κ3) is 3.13. The number of aromatic nitrogens is 4. The van der Waals surface area contributed by atoms with Crippen LogP contribution in [0.4, 0.5) is 4.39 Å². The topological polar surface area (TPSA) is 63.9 Å². The molecule has 0 spiro atoms. The number of hydrogen-bond acceptors (Lipinski definition) is 5. The highest BCUT2D eigenvalue weighted by Crippen LogP contribution is 2.42. The molecule has 0 unspecified atom stereocenters. The quantitative estimate of drug-likeness (QED) is 0.488. The molecule has 1 fully saturated rings. The monoisotopic (exact) mass is 435 g/mol. The molecular formula is C23H22FN5OS. The van der Waals surface area contributed by atoms with E-state index in [2.05, 4.69) is 14.5 Å².